The third-order valence-corrected chi connectivity index (χ3v) is 10.3. The summed E-state index contributed by atoms with van der Waals surface area (Å²) in [5.41, 5.74) is 12.9. The monoisotopic (exact) mass is 628 g/mol. The van der Waals surface area contributed by atoms with Crippen molar-refractivity contribution in [3.8, 4) is 23.5 Å². The maximum atomic E-state index is 10.5. The summed E-state index contributed by atoms with van der Waals surface area (Å²) in [6.45, 7) is 2.28. The van der Waals surface area contributed by atoms with Gasteiger partial charge in [0.25, 0.3) is 0 Å². The van der Waals surface area contributed by atoms with Gasteiger partial charge in [-0.2, -0.15) is 10.5 Å². The summed E-state index contributed by atoms with van der Waals surface area (Å²) in [5, 5.41) is 23.7. The molecular weight excluding hydrogens is 597 g/mol. The van der Waals surface area contributed by atoms with E-state index in [1.165, 1.54) is 27.7 Å². The summed E-state index contributed by atoms with van der Waals surface area (Å²) in [5.74, 6) is 0.462. The number of rotatable bonds is 4. The highest BCUT2D eigenvalue weighted by Crippen LogP contribution is 2.42. The molecule has 2 aromatic heterocycles. The van der Waals surface area contributed by atoms with Gasteiger partial charge in [0.05, 0.1) is 39.9 Å². The second-order valence-electron chi connectivity index (χ2n) is 13.2. The van der Waals surface area contributed by atoms with Crippen LogP contribution in [0.25, 0.3) is 55.7 Å². The van der Waals surface area contributed by atoms with Crippen LogP contribution >= 0.6 is 0 Å². The van der Waals surface area contributed by atoms with Crippen LogP contribution in [0.5, 0.6) is 0 Å². The molecule has 0 amide bonds. The van der Waals surface area contributed by atoms with Crippen LogP contribution in [0.4, 0.5) is 0 Å². The first-order valence-corrected chi connectivity index (χ1v) is 16.9. The molecule has 2 aliphatic rings. The Hall–Kier alpha value is -6.36. The van der Waals surface area contributed by atoms with Gasteiger partial charge in [0.15, 0.2) is 0 Å². The van der Waals surface area contributed by atoms with Crippen LogP contribution < -0.4 is 0 Å². The molecule has 0 bridgehead atoms. The Balaban J connectivity index is 1.09. The highest BCUT2D eigenvalue weighted by Gasteiger charge is 2.27. The molecule has 0 saturated heterocycles. The van der Waals surface area contributed by atoms with E-state index in [4.69, 9.17) is 0 Å². The van der Waals surface area contributed by atoms with E-state index in [1.54, 1.807) is 0 Å². The molecule has 0 spiro atoms. The normalized spacial score (nSPS) is 17.0. The van der Waals surface area contributed by atoms with Crippen molar-refractivity contribution in [2.45, 2.75) is 25.7 Å². The van der Waals surface area contributed by atoms with Gasteiger partial charge in [0.2, 0.25) is 0 Å². The summed E-state index contributed by atoms with van der Waals surface area (Å²) in [6.07, 6.45) is 10.7. The molecule has 2 unspecified atom stereocenters. The average Bonchev–Trinajstić information content (AvgIpc) is 3.67. The van der Waals surface area contributed by atoms with E-state index in [0.29, 0.717) is 11.5 Å². The third-order valence-electron chi connectivity index (χ3n) is 10.3. The minimum Gasteiger partial charge on any atom is -0.309 e. The summed E-state index contributed by atoms with van der Waals surface area (Å²) >= 11 is 0. The van der Waals surface area contributed by atoms with E-state index >= 15 is 0 Å². The van der Waals surface area contributed by atoms with Crippen LogP contribution in [-0.2, 0) is 6.42 Å². The van der Waals surface area contributed by atoms with Crippen LogP contribution in [0.3, 0.4) is 0 Å². The van der Waals surface area contributed by atoms with Gasteiger partial charge in [-0.05, 0) is 95.6 Å². The number of nitriles is 2. The number of allylic oxidation sites excluding steroid dienone is 5. The van der Waals surface area contributed by atoms with Crippen molar-refractivity contribution >= 4 is 44.4 Å². The smallest absolute Gasteiger partial charge is 0.0998 e. The predicted molar refractivity (Wildman–Crippen MR) is 200 cm³/mol. The Morgan fingerprint density at radius 3 is 2.20 bits per heavy atom. The van der Waals surface area contributed by atoms with E-state index in [-0.39, 0.29) is 5.92 Å². The summed E-state index contributed by atoms with van der Waals surface area (Å²) in [4.78, 5) is 0. The molecule has 0 N–H and O–H groups in total. The number of para-hydroxylation sites is 3. The first-order chi connectivity index (χ1) is 24.1. The minimum atomic E-state index is -0.0422. The van der Waals surface area contributed by atoms with E-state index in [0.717, 1.165) is 62.7 Å². The Morgan fingerprint density at radius 2 is 1.41 bits per heavy atom. The summed E-state index contributed by atoms with van der Waals surface area (Å²) < 4.78 is 4.64. The standard InChI is InChI=1S/C45H32N4/c1-29-17-24-43-39(25-29)37-11-3-6-14-41(37)49(43)40-13-5-2-10-36(40)35-23-20-31(26-33(35)28-47)30-18-21-34(22-19-30)48-42-15-7-4-12-38(42)45-32(27-46)9-8-16-44(45)48/h2-22,24,26,29,35H,23,25H2,1H3. The van der Waals surface area contributed by atoms with Gasteiger partial charge < -0.3 is 9.13 Å². The van der Waals surface area contributed by atoms with Crippen LogP contribution in [0.1, 0.15) is 47.2 Å². The fourth-order valence-electron chi connectivity index (χ4n) is 8.11. The largest absolute Gasteiger partial charge is 0.309 e. The number of hydrogen-bond acceptors (Lipinski definition) is 2. The van der Waals surface area contributed by atoms with Gasteiger partial charge in [0, 0.05) is 39.0 Å². The van der Waals surface area contributed by atoms with Crippen LogP contribution in [0.2, 0.25) is 0 Å². The molecule has 7 aromatic rings. The SMILES string of the molecule is CC1C=Cc2c(c3ccccc3n2-c2ccccc2C2CC=C(c3ccc(-n4c5ccccc5c5c(C#N)cccc54)cc3)C=C2C#N)C1. The topological polar surface area (TPSA) is 57.4 Å². The number of hydrogen-bond donors (Lipinski definition) is 0. The van der Waals surface area contributed by atoms with Gasteiger partial charge in [-0.3, -0.25) is 0 Å². The van der Waals surface area contributed by atoms with Crippen molar-refractivity contribution in [1.82, 2.24) is 9.13 Å². The molecule has 232 valence electrons. The number of benzene rings is 5. The molecular formula is C45H32N4. The highest BCUT2D eigenvalue weighted by molar-refractivity contribution is 6.11. The lowest BCUT2D eigenvalue weighted by Crippen LogP contribution is -2.11. The maximum absolute atomic E-state index is 10.5. The van der Waals surface area contributed by atoms with Crippen molar-refractivity contribution in [1.29, 1.82) is 10.5 Å². The fourth-order valence-corrected chi connectivity index (χ4v) is 8.11. The molecule has 4 nitrogen and oxygen atoms in total. The third kappa shape index (κ3) is 4.50. The zero-order chi connectivity index (χ0) is 33.1. The Kier molecular flexibility index (Phi) is 6.71. The first kappa shape index (κ1) is 28.8. The van der Waals surface area contributed by atoms with Crippen LogP contribution in [0.15, 0.2) is 139 Å². The molecule has 0 radical (unpaired) electrons. The maximum Gasteiger partial charge on any atom is 0.0998 e. The molecule has 49 heavy (non-hydrogen) atoms. The summed E-state index contributed by atoms with van der Waals surface area (Å²) in [7, 11) is 0. The van der Waals surface area contributed by atoms with Crippen LogP contribution in [-0.4, -0.2) is 9.13 Å². The fraction of sp³-hybridized carbons (Fsp3) is 0.111. The Morgan fingerprint density at radius 1 is 0.694 bits per heavy atom. The minimum absolute atomic E-state index is 0.0422. The van der Waals surface area contributed by atoms with Gasteiger partial charge in [0.1, 0.15) is 0 Å². The Bertz CT molecular complexity index is 2640. The highest BCUT2D eigenvalue weighted by atomic mass is 15.0. The van der Waals surface area contributed by atoms with Crippen molar-refractivity contribution in [3.05, 3.63) is 167 Å². The lowest BCUT2D eigenvalue weighted by Gasteiger charge is -2.25. The van der Waals surface area contributed by atoms with E-state index in [1.807, 2.05) is 24.3 Å². The zero-order valence-corrected chi connectivity index (χ0v) is 27.1. The first-order valence-electron chi connectivity index (χ1n) is 16.9. The van der Waals surface area contributed by atoms with Gasteiger partial charge >= 0.3 is 0 Å². The van der Waals surface area contributed by atoms with Crippen molar-refractivity contribution in [2.75, 3.05) is 0 Å². The average molecular weight is 629 g/mol. The lowest BCUT2D eigenvalue weighted by atomic mass is 9.81. The van der Waals surface area contributed by atoms with Crippen molar-refractivity contribution in [3.63, 3.8) is 0 Å². The molecule has 0 saturated carbocycles. The molecule has 0 aliphatic heterocycles. The molecule has 9 rings (SSSR count). The lowest BCUT2D eigenvalue weighted by molar-refractivity contribution is 0.717. The molecule has 2 aliphatic carbocycles. The quantitative estimate of drug-likeness (QED) is 0.195. The molecule has 5 aromatic carbocycles. The van der Waals surface area contributed by atoms with E-state index < -0.39 is 0 Å². The number of nitrogens with zero attached hydrogens (tertiary/aromatic N) is 4. The Labute approximate surface area is 285 Å². The van der Waals surface area contributed by atoms with Crippen LogP contribution in [0, 0.1) is 28.6 Å². The predicted octanol–water partition coefficient (Wildman–Crippen LogP) is 10.8. The molecule has 2 atom stereocenters. The number of fused-ring (bicyclic) bond motifs is 6. The summed E-state index contributed by atoms with van der Waals surface area (Å²) in [6, 6.07) is 45.0. The van der Waals surface area contributed by atoms with Gasteiger partial charge in [-0.15, -0.1) is 0 Å². The molecule has 2 heterocycles. The van der Waals surface area contributed by atoms with E-state index in [9.17, 15) is 10.5 Å². The molecule has 4 heteroatoms. The van der Waals surface area contributed by atoms with Crippen molar-refractivity contribution in [2.24, 2.45) is 5.92 Å². The zero-order valence-electron chi connectivity index (χ0n) is 27.1. The molecule has 0 fully saturated rings. The second-order valence-corrected chi connectivity index (χ2v) is 13.2. The van der Waals surface area contributed by atoms with Gasteiger partial charge in [-0.25, -0.2) is 0 Å². The van der Waals surface area contributed by atoms with Gasteiger partial charge in [-0.1, -0.05) is 91.9 Å². The van der Waals surface area contributed by atoms with Crippen molar-refractivity contribution < 1.29 is 0 Å². The second kappa shape index (κ2) is 11.4. The number of aromatic nitrogens is 2. The van der Waals surface area contributed by atoms with E-state index in [2.05, 4.69) is 143 Å².